The van der Waals surface area contributed by atoms with Gasteiger partial charge in [0.1, 0.15) is 29.4 Å². The summed E-state index contributed by atoms with van der Waals surface area (Å²) in [5.41, 5.74) is 2.07. The second-order valence-corrected chi connectivity index (χ2v) is 7.79. The van der Waals surface area contributed by atoms with Gasteiger partial charge in [-0.25, -0.2) is 4.39 Å². The Bertz CT molecular complexity index is 1250. The second kappa shape index (κ2) is 8.75. The lowest BCUT2D eigenvalue weighted by Gasteiger charge is -2.21. The van der Waals surface area contributed by atoms with Gasteiger partial charge in [-0.1, -0.05) is 42.5 Å². The largest absolute Gasteiger partial charge is 0.489 e. The molecule has 32 heavy (non-hydrogen) atoms. The minimum absolute atomic E-state index is 0.123. The van der Waals surface area contributed by atoms with Gasteiger partial charge in [0.15, 0.2) is 5.76 Å². The first-order chi connectivity index (χ1) is 15.7. The molecule has 1 aromatic heterocycles. The first-order valence-corrected chi connectivity index (χ1v) is 10.7. The fourth-order valence-corrected chi connectivity index (χ4v) is 4.13. The summed E-state index contributed by atoms with van der Waals surface area (Å²) < 4.78 is 26.6. The van der Waals surface area contributed by atoms with E-state index < -0.39 is 11.7 Å². The number of carbonyl (C=O) groups is 1. The summed E-state index contributed by atoms with van der Waals surface area (Å²) in [5.74, 6) is -0.160. The number of rotatable bonds is 6. The highest BCUT2D eigenvalue weighted by Gasteiger charge is 2.25. The van der Waals surface area contributed by atoms with Gasteiger partial charge in [-0.15, -0.1) is 0 Å². The van der Waals surface area contributed by atoms with Crippen LogP contribution in [0.15, 0.2) is 77.2 Å². The predicted molar refractivity (Wildman–Crippen MR) is 123 cm³/mol. The Morgan fingerprint density at radius 2 is 1.72 bits per heavy atom. The molecule has 0 spiro atoms. The maximum Gasteiger partial charge on any atom is 0.291 e. The molecular formula is C26H23FN2O3. The Balaban J connectivity index is 1.48. The summed E-state index contributed by atoms with van der Waals surface area (Å²) >= 11 is 0. The molecule has 1 aliphatic rings. The molecule has 0 unspecified atom stereocenters. The van der Waals surface area contributed by atoms with Crippen LogP contribution in [0.5, 0.6) is 5.75 Å². The smallest absolute Gasteiger partial charge is 0.291 e. The van der Waals surface area contributed by atoms with Crippen molar-refractivity contribution in [2.75, 3.05) is 23.3 Å². The molecule has 0 bridgehead atoms. The van der Waals surface area contributed by atoms with E-state index in [1.807, 2.05) is 54.6 Å². The Morgan fingerprint density at radius 3 is 2.53 bits per heavy atom. The average Bonchev–Trinajstić information content (AvgIpc) is 3.48. The van der Waals surface area contributed by atoms with Crippen molar-refractivity contribution in [3.8, 4) is 5.75 Å². The van der Waals surface area contributed by atoms with E-state index in [1.54, 1.807) is 12.1 Å². The van der Waals surface area contributed by atoms with Crippen LogP contribution in [0.2, 0.25) is 0 Å². The summed E-state index contributed by atoms with van der Waals surface area (Å²) in [6, 6.07) is 21.6. The fourth-order valence-electron chi connectivity index (χ4n) is 4.13. The number of nitrogens with zero attached hydrogens (tertiary/aromatic N) is 1. The maximum atomic E-state index is 14.8. The minimum atomic E-state index is -0.501. The molecule has 0 atom stereocenters. The van der Waals surface area contributed by atoms with Crippen LogP contribution in [0.25, 0.3) is 11.0 Å². The summed E-state index contributed by atoms with van der Waals surface area (Å²) in [6.07, 6.45) is 2.10. The van der Waals surface area contributed by atoms with Gasteiger partial charge in [0, 0.05) is 24.0 Å². The van der Waals surface area contributed by atoms with E-state index in [9.17, 15) is 9.18 Å². The maximum absolute atomic E-state index is 14.8. The molecule has 5 nitrogen and oxygen atoms in total. The zero-order valence-electron chi connectivity index (χ0n) is 17.5. The number of furan rings is 1. The highest BCUT2D eigenvalue weighted by atomic mass is 19.1. The monoisotopic (exact) mass is 430 g/mol. The van der Waals surface area contributed by atoms with Crippen LogP contribution in [0, 0.1) is 5.82 Å². The third kappa shape index (κ3) is 3.91. The van der Waals surface area contributed by atoms with E-state index in [1.165, 1.54) is 6.07 Å². The van der Waals surface area contributed by atoms with Crippen molar-refractivity contribution in [2.45, 2.75) is 19.4 Å². The quantitative estimate of drug-likeness (QED) is 0.407. The van der Waals surface area contributed by atoms with Crippen LogP contribution in [0.3, 0.4) is 0 Å². The van der Waals surface area contributed by atoms with Crippen LogP contribution < -0.4 is 15.0 Å². The lowest BCUT2D eigenvalue weighted by Crippen LogP contribution is -2.22. The molecule has 2 heterocycles. The number of carbonyl (C=O) groups excluding carboxylic acids is 1. The number of hydrogen-bond donors (Lipinski definition) is 1. The van der Waals surface area contributed by atoms with Crippen molar-refractivity contribution in [2.24, 2.45) is 0 Å². The van der Waals surface area contributed by atoms with Crippen molar-refractivity contribution < 1.29 is 18.3 Å². The first-order valence-electron chi connectivity index (χ1n) is 10.7. The van der Waals surface area contributed by atoms with E-state index in [0.717, 1.165) is 31.3 Å². The third-order valence-corrected chi connectivity index (χ3v) is 5.71. The zero-order valence-corrected chi connectivity index (χ0v) is 17.5. The number of fused-ring (bicyclic) bond motifs is 1. The van der Waals surface area contributed by atoms with E-state index in [4.69, 9.17) is 9.15 Å². The van der Waals surface area contributed by atoms with Crippen LogP contribution >= 0.6 is 0 Å². The number of ether oxygens (including phenoxy) is 1. The van der Waals surface area contributed by atoms with Gasteiger partial charge in [-0.3, -0.25) is 4.79 Å². The number of amides is 1. The number of halogens is 1. The van der Waals surface area contributed by atoms with Crippen LogP contribution in [0.1, 0.15) is 29.0 Å². The summed E-state index contributed by atoms with van der Waals surface area (Å²) in [6.45, 7) is 1.83. The van der Waals surface area contributed by atoms with Gasteiger partial charge >= 0.3 is 0 Å². The zero-order chi connectivity index (χ0) is 21.9. The molecule has 0 aliphatic carbocycles. The molecule has 1 amide bonds. The van der Waals surface area contributed by atoms with Crippen molar-refractivity contribution in [3.05, 3.63) is 89.9 Å². The topological polar surface area (TPSA) is 54.7 Å². The Hall–Kier alpha value is -3.80. The second-order valence-electron chi connectivity index (χ2n) is 7.79. The highest BCUT2D eigenvalue weighted by Crippen LogP contribution is 2.33. The molecule has 162 valence electrons. The fraction of sp³-hybridized carbons (Fsp3) is 0.192. The van der Waals surface area contributed by atoms with Crippen LogP contribution in [-0.4, -0.2) is 19.0 Å². The third-order valence-electron chi connectivity index (χ3n) is 5.71. The van der Waals surface area contributed by atoms with Crippen molar-refractivity contribution in [1.82, 2.24) is 0 Å². The van der Waals surface area contributed by atoms with Gasteiger partial charge in [-0.2, -0.15) is 0 Å². The van der Waals surface area contributed by atoms with Gasteiger partial charge in [-0.05, 0) is 43.2 Å². The van der Waals surface area contributed by atoms with Gasteiger partial charge < -0.3 is 19.4 Å². The first kappa shape index (κ1) is 20.1. The number of anilines is 2. The highest BCUT2D eigenvalue weighted by molar-refractivity contribution is 6.08. The lowest BCUT2D eigenvalue weighted by molar-refractivity contribution is 0.0995. The molecule has 1 aliphatic heterocycles. The van der Waals surface area contributed by atoms with E-state index in [-0.39, 0.29) is 18.1 Å². The standard InChI is InChI=1S/C26H23FN2O3/c27-21-12-8-13-22(29-15-6-7-16-29)24(21)28-26(30)25-20(17-31-18-9-2-1-3-10-18)19-11-4-5-14-23(19)32-25/h1-5,8-14H,6-7,15-17H2,(H,28,30). The van der Waals surface area contributed by atoms with Gasteiger partial charge in [0.25, 0.3) is 5.91 Å². The van der Waals surface area contributed by atoms with Crippen molar-refractivity contribution >= 4 is 28.3 Å². The van der Waals surface area contributed by atoms with E-state index in [2.05, 4.69) is 10.2 Å². The minimum Gasteiger partial charge on any atom is -0.489 e. The lowest BCUT2D eigenvalue weighted by atomic mass is 10.1. The summed E-state index contributed by atoms with van der Waals surface area (Å²) in [4.78, 5) is 15.4. The van der Waals surface area contributed by atoms with E-state index in [0.29, 0.717) is 22.6 Å². The molecule has 6 heteroatoms. The average molecular weight is 430 g/mol. The SMILES string of the molecule is O=C(Nc1c(F)cccc1N1CCCC1)c1oc2ccccc2c1COc1ccccc1. The summed E-state index contributed by atoms with van der Waals surface area (Å²) in [7, 11) is 0. The number of hydrogen-bond acceptors (Lipinski definition) is 4. The van der Waals surface area contributed by atoms with Gasteiger partial charge in [0.2, 0.25) is 0 Å². The number of para-hydroxylation sites is 3. The number of nitrogens with one attached hydrogen (secondary N) is 1. The molecule has 1 N–H and O–H groups in total. The molecular weight excluding hydrogens is 407 g/mol. The molecule has 5 rings (SSSR count). The summed E-state index contributed by atoms with van der Waals surface area (Å²) in [5, 5.41) is 3.56. The molecule has 4 aromatic rings. The van der Waals surface area contributed by atoms with Crippen LogP contribution in [0.4, 0.5) is 15.8 Å². The van der Waals surface area contributed by atoms with Crippen LogP contribution in [-0.2, 0) is 6.61 Å². The molecule has 3 aromatic carbocycles. The Kier molecular flexibility index (Phi) is 5.50. The predicted octanol–water partition coefficient (Wildman–Crippen LogP) is 6.00. The molecule has 1 saturated heterocycles. The van der Waals surface area contributed by atoms with Crippen molar-refractivity contribution in [3.63, 3.8) is 0 Å². The van der Waals surface area contributed by atoms with E-state index >= 15 is 0 Å². The molecule has 0 saturated carbocycles. The molecule has 1 fully saturated rings. The normalized spacial score (nSPS) is 13.5. The van der Waals surface area contributed by atoms with Crippen molar-refractivity contribution in [1.29, 1.82) is 0 Å². The Labute approximate surface area is 185 Å². The number of benzene rings is 3. The van der Waals surface area contributed by atoms with Gasteiger partial charge in [0.05, 0.1) is 5.69 Å². The Morgan fingerprint density at radius 1 is 0.969 bits per heavy atom. The molecule has 0 radical (unpaired) electrons.